The third-order valence-electron chi connectivity index (χ3n) is 4.26. The lowest BCUT2D eigenvalue weighted by Crippen LogP contribution is -2.45. The number of likely N-dealkylation sites (tertiary alicyclic amines) is 1. The minimum absolute atomic E-state index is 0.436. The summed E-state index contributed by atoms with van der Waals surface area (Å²) in [6.45, 7) is 6.66. The standard InChI is InChI=1S/C14H21N3/c1-12-4-2-5-13(16-12)10-17-9-3-6-14(17)7-8-15-11-14/h2,4-5,15H,3,6-11H2,1H3/t14-/m0/s1. The molecule has 1 N–H and O–H groups in total. The van der Waals surface area contributed by atoms with E-state index in [2.05, 4.69) is 40.3 Å². The Morgan fingerprint density at radius 2 is 2.35 bits per heavy atom. The number of aromatic nitrogens is 1. The average Bonchev–Trinajstić information content (AvgIpc) is 2.92. The van der Waals surface area contributed by atoms with E-state index in [0.717, 1.165) is 12.2 Å². The van der Waals surface area contributed by atoms with E-state index >= 15 is 0 Å². The number of nitrogens with zero attached hydrogens (tertiary/aromatic N) is 2. The van der Waals surface area contributed by atoms with Crippen LogP contribution in [0, 0.1) is 6.92 Å². The number of nitrogens with one attached hydrogen (secondary N) is 1. The normalized spacial score (nSPS) is 29.2. The Bertz CT molecular complexity index is 391. The Morgan fingerprint density at radius 1 is 1.41 bits per heavy atom. The first kappa shape index (κ1) is 11.2. The largest absolute Gasteiger partial charge is 0.315 e. The fraction of sp³-hybridized carbons (Fsp3) is 0.643. The lowest BCUT2D eigenvalue weighted by molar-refractivity contribution is 0.146. The van der Waals surface area contributed by atoms with Crippen molar-refractivity contribution < 1.29 is 0 Å². The second-order valence-corrected chi connectivity index (χ2v) is 5.45. The predicted octanol–water partition coefficient (Wildman–Crippen LogP) is 1.72. The molecule has 0 unspecified atom stereocenters. The highest BCUT2D eigenvalue weighted by molar-refractivity contribution is 5.12. The van der Waals surface area contributed by atoms with Gasteiger partial charge in [-0.25, -0.2) is 0 Å². The van der Waals surface area contributed by atoms with Crippen molar-refractivity contribution in [2.45, 2.75) is 38.3 Å². The van der Waals surface area contributed by atoms with Gasteiger partial charge < -0.3 is 5.32 Å². The summed E-state index contributed by atoms with van der Waals surface area (Å²) >= 11 is 0. The number of hydrogen-bond acceptors (Lipinski definition) is 3. The zero-order valence-electron chi connectivity index (χ0n) is 10.6. The summed E-state index contributed by atoms with van der Waals surface area (Å²) in [4.78, 5) is 7.28. The molecule has 3 heterocycles. The molecule has 2 aliphatic rings. The molecule has 92 valence electrons. The Balaban J connectivity index is 1.76. The zero-order valence-corrected chi connectivity index (χ0v) is 10.6. The van der Waals surface area contributed by atoms with Crippen LogP contribution < -0.4 is 5.32 Å². The quantitative estimate of drug-likeness (QED) is 0.840. The van der Waals surface area contributed by atoms with E-state index in [9.17, 15) is 0 Å². The number of aryl methyl sites for hydroxylation is 1. The van der Waals surface area contributed by atoms with Crippen LogP contribution in [0.2, 0.25) is 0 Å². The first-order chi connectivity index (χ1) is 8.28. The molecule has 17 heavy (non-hydrogen) atoms. The second kappa shape index (κ2) is 4.39. The molecule has 3 nitrogen and oxygen atoms in total. The monoisotopic (exact) mass is 231 g/mol. The van der Waals surface area contributed by atoms with Crippen LogP contribution in [-0.4, -0.2) is 35.1 Å². The Kier molecular flexibility index (Phi) is 2.89. The van der Waals surface area contributed by atoms with Crippen LogP contribution in [0.15, 0.2) is 18.2 Å². The van der Waals surface area contributed by atoms with Crippen LogP contribution in [0.3, 0.4) is 0 Å². The number of rotatable bonds is 2. The molecular formula is C14H21N3. The summed E-state index contributed by atoms with van der Waals surface area (Å²) in [6.07, 6.45) is 4.00. The van der Waals surface area contributed by atoms with E-state index < -0.39 is 0 Å². The van der Waals surface area contributed by atoms with Gasteiger partial charge in [-0.3, -0.25) is 9.88 Å². The molecule has 0 saturated carbocycles. The summed E-state index contributed by atoms with van der Waals surface area (Å²) in [5.41, 5.74) is 2.78. The minimum atomic E-state index is 0.436. The van der Waals surface area contributed by atoms with Crippen molar-refractivity contribution >= 4 is 0 Å². The molecule has 0 radical (unpaired) electrons. The first-order valence-corrected chi connectivity index (χ1v) is 6.67. The average molecular weight is 231 g/mol. The van der Waals surface area contributed by atoms with Gasteiger partial charge in [0.05, 0.1) is 5.69 Å². The van der Waals surface area contributed by atoms with E-state index in [1.54, 1.807) is 0 Å². The highest BCUT2D eigenvalue weighted by Crippen LogP contribution is 2.35. The van der Waals surface area contributed by atoms with Crippen LogP contribution in [-0.2, 0) is 6.54 Å². The highest BCUT2D eigenvalue weighted by Gasteiger charge is 2.42. The predicted molar refractivity (Wildman–Crippen MR) is 68.8 cm³/mol. The molecule has 3 rings (SSSR count). The van der Waals surface area contributed by atoms with Gasteiger partial charge in [-0.15, -0.1) is 0 Å². The van der Waals surface area contributed by atoms with Crippen LogP contribution in [0.25, 0.3) is 0 Å². The molecule has 1 aromatic heterocycles. The Morgan fingerprint density at radius 3 is 3.12 bits per heavy atom. The van der Waals surface area contributed by atoms with E-state index in [1.807, 2.05) is 0 Å². The van der Waals surface area contributed by atoms with Gasteiger partial charge >= 0.3 is 0 Å². The maximum atomic E-state index is 4.63. The van der Waals surface area contributed by atoms with Crippen LogP contribution in [0.5, 0.6) is 0 Å². The van der Waals surface area contributed by atoms with Gasteiger partial charge in [0.1, 0.15) is 0 Å². The molecule has 0 bridgehead atoms. The molecule has 1 atom stereocenters. The second-order valence-electron chi connectivity index (χ2n) is 5.45. The summed E-state index contributed by atoms with van der Waals surface area (Å²) in [6, 6.07) is 6.34. The number of hydrogen-bond donors (Lipinski definition) is 1. The molecule has 2 fully saturated rings. The van der Waals surface area contributed by atoms with E-state index in [0.29, 0.717) is 5.54 Å². The smallest absolute Gasteiger partial charge is 0.0547 e. The fourth-order valence-electron chi connectivity index (χ4n) is 3.34. The van der Waals surface area contributed by atoms with Crippen molar-refractivity contribution in [2.75, 3.05) is 19.6 Å². The van der Waals surface area contributed by atoms with E-state index in [1.165, 1.54) is 44.6 Å². The van der Waals surface area contributed by atoms with E-state index in [4.69, 9.17) is 0 Å². The van der Waals surface area contributed by atoms with Gasteiger partial charge in [0, 0.05) is 24.3 Å². The fourth-order valence-corrected chi connectivity index (χ4v) is 3.34. The highest BCUT2D eigenvalue weighted by atomic mass is 15.3. The molecule has 3 heteroatoms. The van der Waals surface area contributed by atoms with Gasteiger partial charge in [-0.2, -0.15) is 0 Å². The van der Waals surface area contributed by atoms with Crippen molar-refractivity contribution in [1.82, 2.24) is 15.2 Å². The SMILES string of the molecule is Cc1cccc(CN2CCC[C@@]23CCNC3)n1. The topological polar surface area (TPSA) is 28.2 Å². The van der Waals surface area contributed by atoms with Crippen LogP contribution in [0.1, 0.15) is 30.7 Å². The van der Waals surface area contributed by atoms with Crippen LogP contribution >= 0.6 is 0 Å². The van der Waals surface area contributed by atoms with E-state index in [-0.39, 0.29) is 0 Å². The maximum absolute atomic E-state index is 4.63. The molecule has 1 spiro atoms. The first-order valence-electron chi connectivity index (χ1n) is 6.67. The Hall–Kier alpha value is -0.930. The molecular weight excluding hydrogens is 210 g/mol. The lowest BCUT2D eigenvalue weighted by Gasteiger charge is -2.34. The van der Waals surface area contributed by atoms with Gasteiger partial charge in [0.15, 0.2) is 0 Å². The third-order valence-corrected chi connectivity index (χ3v) is 4.26. The minimum Gasteiger partial charge on any atom is -0.315 e. The molecule has 2 saturated heterocycles. The van der Waals surface area contributed by atoms with Crippen molar-refractivity contribution in [3.63, 3.8) is 0 Å². The van der Waals surface area contributed by atoms with Gasteiger partial charge in [-0.1, -0.05) is 6.07 Å². The third kappa shape index (κ3) is 2.09. The molecule has 0 amide bonds. The summed E-state index contributed by atoms with van der Waals surface area (Å²) in [5.74, 6) is 0. The molecule has 2 aliphatic heterocycles. The number of pyridine rings is 1. The van der Waals surface area contributed by atoms with Crippen molar-refractivity contribution in [1.29, 1.82) is 0 Å². The van der Waals surface area contributed by atoms with Crippen molar-refractivity contribution in [3.05, 3.63) is 29.6 Å². The molecule has 1 aromatic rings. The zero-order chi connectivity index (χ0) is 11.7. The van der Waals surface area contributed by atoms with Gasteiger partial charge in [0.25, 0.3) is 0 Å². The molecule has 0 aromatic carbocycles. The van der Waals surface area contributed by atoms with Gasteiger partial charge in [0.2, 0.25) is 0 Å². The summed E-state index contributed by atoms with van der Waals surface area (Å²) < 4.78 is 0. The Labute approximate surface area is 103 Å². The van der Waals surface area contributed by atoms with Crippen molar-refractivity contribution in [2.24, 2.45) is 0 Å². The lowest BCUT2D eigenvalue weighted by atomic mass is 9.95. The molecule has 0 aliphatic carbocycles. The summed E-state index contributed by atoms with van der Waals surface area (Å²) in [7, 11) is 0. The van der Waals surface area contributed by atoms with Crippen molar-refractivity contribution in [3.8, 4) is 0 Å². The van der Waals surface area contributed by atoms with Crippen LogP contribution in [0.4, 0.5) is 0 Å². The van der Waals surface area contributed by atoms with Gasteiger partial charge in [-0.05, 0) is 51.4 Å². The maximum Gasteiger partial charge on any atom is 0.0547 e. The summed E-state index contributed by atoms with van der Waals surface area (Å²) in [5, 5.41) is 3.52.